The van der Waals surface area contributed by atoms with Crippen molar-refractivity contribution in [3.63, 3.8) is 0 Å². The molecular weight excluding hydrogens is 324 g/mol. The summed E-state index contributed by atoms with van der Waals surface area (Å²) >= 11 is 0. The number of hydrogen-bond donors (Lipinski definition) is 1. The number of aryl methyl sites for hydroxylation is 2. The first-order valence-corrected chi connectivity index (χ1v) is 8.88. The number of benzene rings is 2. The Morgan fingerprint density at radius 2 is 1.62 bits per heavy atom. The molecular formula is C22H24N2O2. The van der Waals surface area contributed by atoms with Gasteiger partial charge in [0.25, 0.3) is 11.8 Å². The smallest absolute Gasteiger partial charge is 0.278 e. The van der Waals surface area contributed by atoms with Crippen molar-refractivity contribution in [2.75, 3.05) is 11.9 Å². The van der Waals surface area contributed by atoms with E-state index < -0.39 is 0 Å². The molecule has 1 aliphatic heterocycles. The molecule has 0 atom stereocenters. The fraction of sp³-hybridized carbons (Fsp3) is 0.273. The molecule has 4 heteroatoms. The van der Waals surface area contributed by atoms with Crippen LogP contribution >= 0.6 is 0 Å². The minimum absolute atomic E-state index is 0.209. The number of amides is 2. The first-order chi connectivity index (χ1) is 12.4. The number of nitrogens with one attached hydrogen (secondary N) is 1. The van der Waals surface area contributed by atoms with Gasteiger partial charge in [0.15, 0.2) is 0 Å². The molecule has 0 fully saturated rings. The normalized spacial score (nSPS) is 14.6. The lowest BCUT2D eigenvalue weighted by molar-refractivity contribution is -0.137. The maximum absolute atomic E-state index is 13.0. The van der Waals surface area contributed by atoms with E-state index in [1.165, 1.54) is 10.5 Å². The van der Waals surface area contributed by atoms with Crippen LogP contribution < -0.4 is 5.32 Å². The number of anilines is 1. The first-order valence-electron chi connectivity index (χ1n) is 8.88. The van der Waals surface area contributed by atoms with Crippen LogP contribution in [0.15, 0.2) is 54.2 Å². The van der Waals surface area contributed by atoms with Crippen LogP contribution in [0.5, 0.6) is 0 Å². The van der Waals surface area contributed by atoms with Crippen molar-refractivity contribution >= 4 is 23.1 Å². The SMILES string of the molecule is Cc1ccc(NC2=C(c3ccccc3)C(=O)N(CC(C)C)C2=O)cc1C. The Morgan fingerprint density at radius 1 is 0.923 bits per heavy atom. The lowest BCUT2D eigenvalue weighted by Gasteiger charge is -2.17. The van der Waals surface area contributed by atoms with E-state index in [1.54, 1.807) is 0 Å². The minimum atomic E-state index is -0.263. The van der Waals surface area contributed by atoms with Gasteiger partial charge >= 0.3 is 0 Å². The van der Waals surface area contributed by atoms with Gasteiger partial charge in [0.1, 0.15) is 5.70 Å². The summed E-state index contributed by atoms with van der Waals surface area (Å²) in [4.78, 5) is 27.3. The Labute approximate surface area is 154 Å². The van der Waals surface area contributed by atoms with Gasteiger partial charge < -0.3 is 5.32 Å². The number of hydrogen-bond acceptors (Lipinski definition) is 3. The van der Waals surface area contributed by atoms with E-state index in [9.17, 15) is 9.59 Å². The largest absolute Gasteiger partial charge is 0.350 e. The summed E-state index contributed by atoms with van der Waals surface area (Å²) in [7, 11) is 0. The fourth-order valence-corrected chi connectivity index (χ4v) is 3.06. The molecule has 0 saturated carbocycles. The predicted molar refractivity (Wildman–Crippen MR) is 104 cm³/mol. The Bertz CT molecular complexity index is 882. The average molecular weight is 348 g/mol. The number of imide groups is 1. The quantitative estimate of drug-likeness (QED) is 0.826. The second-order valence-electron chi connectivity index (χ2n) is 7.15. The molecule has 1 aliphatic rings. The zero-order valence-electron chi connectivity index (χ0n) is 15.7. The predicted octanol–water partition coefficient (Wildman–Crippen LogP) is 4.15. The molecule has 0 aliphatic carbocycles. The topological polar surface area (TPSA) is 49.4 Å². The Morgan fingerprint density at radius 3 is 2.23 bits per heavy atom. The molecule has 0 bridgehead atoms. The van der Waals surface area contributed by atoms with Crippen LogP contribution in [0, 0.1) is 19.8 Å². The molecule has 1 heterocycles. The Balaban J connectivity index is 2.05. The molecule has 0 radical (unpaired) electrons. The molecule has 2 aromatic carbocycles. The first kappa shape index (κ1) is 17.9. The lowest BCUT2D eigenvalue weighted by atomic mass is 10.0. The van der Waals surface area contributed by atoms with E-state index in [0.717, 1.165) is 16.8 Å². The third-order valence-corrected chi connectivity index (χ3v) is 4.55. The van der Waals surface area contributed by atoms with Crippen molar-refractivity contribution in [2.45, 2.75) is 27.7 Å². The molecule has 0 unspecified atom stereocenters. The van der Waals surface area contributed by atoms with E-state index in [4.69, 9.17) is 0 Å². The molecule has 26 heavy (non-hydrogen) atoms. The van der Waals surface area contributed by atoms with Crippen molar-refractivity contribution in [1.82, 2.24) is 4.90 Å². The summed E-state index contributed by atoms with van der Waals surface area (Å²) < 4.78 is 0. The van der Waals surface area contributed by atoms with Crippen LogP contribution in [0.2, 0.25) is 0 Å². The van der Waals surface area contributed by atoms with Gasteiger partial charge in [-0.2, -0.15) is 0 Å². The molecule has 3 rings (SSSR count). The summed E-state index contributed by atoms with van der Waals surface area (Å²) in [5.74, 6) is -0.289. The molecule has 1 N–H and O–H groups in total. The fourth-order valence-electron chi connectivity index (χ4n) is 3.06. The number of rotatable bonds is 5. The highest BCUT2D eigenvalue weighted by molar-refractivity contribution is 6.36. The standard InChI is InChI=1S/C22H24N2O2/c1-14(2)13-24-21(25)19(17-8-6-5-7-9-17)20(22(24)26)23-18-11-10-15(3)16(4)12-18/h5-12,14,23H,13H2,1-4H3. The molecule has 0 saturated heterocycles. The Hall–Kier alpha value is -2.88. The minimum Gasteiger partial charge on any atom is -0.350 e. The molecule has 0 spiro atoms. The van der Waals surface area contributed by atoms with Crippen LogP contribution in [0.1, 0.15) is 30.5 Å². The van der Waals surface area contributed by atoms with Crippen molar-refractivity contribution in [3.05, 3.63) is 70.9 Å². The molecule has 2 amide bonds. The zero-order valence-corrected chi connectivity index (χ0v) is 15.7. The summed E-state index contributed by atoms with van der Waals surface area (Å²) in [5, 5.41) is 3.21. The van der Waals surface area contributed by atoms with Crippen LogP contribution in [0.3, 0.4) is 0 Å². The van der Waals surface area contributed by atoms with Gasteiger partial charge in [-0.25, -0.2) is 0 Å². The summed E-state index contributed by atoms with van der Waals surface area (Å²) in [6, 6.07) is 15.3. The second-order valence-corrected chi connectivity index (χ2v) is 7.15. The molecule has 134 valence electrons. The maximum atomic E-state index is 13.0. The highest BCUT2D eigenvalue weighted by Gasteiger charge is 2.39. The van der Waals surface area contributed by atoms with Crippen LogP contribution in [-0.2, 0) is 9.59 Å². The maximum Gasteiger partial charge on any atom is 0.278 e. The number of carbonyl (C=O) groups is 2. The van der Waals surface area contributed by atoms with Crippen molar-refractivity contribution in [2.24, 2.45) is 5.92 Å². The molecule has 0 aromatic heterocycles. The Kier molecular flexibility index (Phi) is 4.94. The van der Waals surface area contributed by atoms with Crippen molar-refractivity contribution in [3.8, 4) is 0 Å². The third-order valence-electron chi connectivity index (χ3n) is 4.55. The average Bonchev–Trinajstić information content (AvgIpc) is 2.83. The van der Waals surface area contributed by atoms with E-state index in [1.807, 2.05) is 76.2 Å². The van der Waals surface area contributed by atoms with E-state index >= 15 is 0 Å². The third kappa shape index (κ3) is 3.40. The monoisotopic (exact) mass is 348 g/mol. The van der Waals surface area contributed by atoms with E-state index in [-0.39, 0.29) is 17.7 Å². The van der Waals surface area contributed by atoms with Gasteiger partial charge in [0.2, 0.25) is 0 Å². The zero-order chi connectivity index (χ0) is 18.8. The van der Waals surface area contributed by atoms with Crippen LogP contribution in [0.25, 0.3) is 5.57 Å². The van der Waals surface area contributed by atoms with E-state index in [2.05, 4.69) is 5.32 Å². The lowest BCUT2D eigenvalue weighted by Crippen LogP contribution is -2.35. The van der Waals surface area contributed by atoms with Crippen molar-refractivity contribution < 1.29 is 9.59 Å². The second kappa shape index (κ2) is 7.16. The summed E-state index contributed by atoms with van der Waals surface area (Å²) in [6.07, 6.45) is 0. The molecule has 2 aromatic rings. The number of carbonyl (C=O) groups excluding carboxylic acids is 2. The van der Waals surface area contributed by atoms with Gasteiger partial charge in [-0.1, -0.05) is 50.2 Å². The highest BCUT2D eigenvalue weighted by Crippen LogP contribution is 2.31. The van der Waals surface area contributed by atoms with Gasteiger partial charge in [-0.3, -0.25) is 14.5 Å². The summed E-state index contributed by atoms with van der Waals surface area (Å²) in [5.41, 5.74) is 4.67. The van der Waals surface area contributed by atoms with Gasteiger partial charge in [0, 0.05) is 12.2 Å². The van der Waals surface area contributed by atoms with Gasteiger partial charge in [-0.05, 0) is 48.6 Å². The molecule has 4 nitrogen and oxygen atoms in total. The highest BCUT2D eigenvalue weighted by atomic mass is 16.2. The number of nitrogens with zero attached hydrogens (tertiary/aromatic N) is 1. The van der Waals surface area contributed by atoms with E-state index in [0.29, 0.717) is 17.8 Å². The van der Waals surface area contributed by atoms with Crippen LogP contribution in [0.4, 0.5) is 5.69 Å². The summed E-state index contributed by atoms with van der Waals surface area (Å²) in [6.45, 7) is 8.48. The van der Waals surface area contributed by atoms with Crippen molar-refractivity contribution in [1.29, 1.82) is 0 Å². The van der Waals surface area contributed by atoms with Gasteiger partial charge in [-0.15, -0.1) is 0 Å². The van der Waals surface area contributed by atoms with Gasteiger partial charge in [0.05, 0.1) is 5.57 Å². The van der Waals surface area contributed by atoms with Crippen LogP contribution in [-0.4, -0.2) is 23.3 Å².